The minimum atomic E-state index is 0.886. The van der Waals surface area contributed by atoms with E-state index in [1.54, 1.807) is 0 Å². The van der Waals surface area contributed by atoms with Crippen LogP contribution in [-0.2, 0) is 13.1 Å². The highest BCUT2D eigenvalue weighted by Gasteiger charge is 2.20. The molecule has 1 aliphatic rings. The second-order valence-corrected chi connectivity index (χ2v) is 4.88. The van der Waals surface area contributed by atoms with Crippen molar-refractivity contribution < 1.29 is 0 Å². The van der Waals surface area contributed by atoms with Crippen molar-refractivity contribution in [3.05, 3.63) is 35.5 Å². The van der Waals surface area contributed by atoms with Crippen LogP contribution in [0.3, 0.4) is 0 Å². The summed E-state index contributed by atoms with van der Waals surface area (Å²) in [5.41, 5.74) is 4.27. The summed E-state index contributed by atoms with van der Waals surface area (Å²) in [5, 5.41) is 1.40. The van der Waals surface area contributed by atoms with Crippen molar-refractivity contribution in [2.75, 3.05) is 13.1 Å². The first kappa shape index (κ1) is 11.4. The van der Waals surface area contributed by atoms with Gasteiger partial charge in [-0.1, -0.05) is 24.1 Å². The third-order valence-corrected chi connectivity index (χ3v) is 3.85. The van der Waals surface area contributed by atoms with Crippen LogP contribution in [0.25, 0.3) is 10.9 Å². The third kappa shape index (κ3) is 1.72. The minimum Gasteiger partial charge on any atom is -0.342 e. The summed E-state index contributed by atoms with van der Waals surface area (Å²) in [6.07, 6.45) is 0. The second-order valence-electron chi connectivity index (χ2n) is 4.88. The molecule has 2 aromatic rings. The van der Waals surface area contributed by atoms with E-state index in [4.69, 9.17) is 0 Å². The molecule has 3 rings (SSSR count). The molecule has 1 aromatic carbocycles. The lowest BCUT2D eigenvalue weighted by Crippen LogP contribution is -2.33. The molecule has 2 nitrogen and oxygen atoms in total. The number of para-hydroxylation sites is 1. The second kappa shape index (κ2) is 4.51. The summed E-state index contributed by atoms with van der Waals surface area (Å²) in [7, 11) is 0. The van der Waals surface area contributed by atoms with Crippen LogP contribution in [0.2, 0.25) is 0 Å². The predicted molar refractivity (Wildman–Crippen MR) is 75.4 cm³/mol. The van der Waals surface area contributed by atoms with E-state index in [1.165, 1.54) is 22.2 Å². The lowest BCUT2D eigenvalue weighted by atomic mass is 10.1. The van der Waals surface area contributed by atoms with Gasteiger partial charge in [-0.25, -0.2) is 0 Å². The Labute approximate surface area is 108 Å². The van der Waals surface area contributed by atoms with Crippen molar-refractivity contribution in [3.63, 3.8) is 0 Å². The van der Waals surface area contributed by atoms with Gasteiger partial charge in [-0.3, -0.25) is 4.90 Å². The van der Waals surface area contributed by atoms with Gasteiger partial charge in [-0.15, -0.1) is 5.92 Å². The van der Waals surface area contributed by atoms with E-state index in [0.717, 1.165) is 26.2 Å². The Balaban J connectivity index is 2.02. The average molecular weight is 238 g/mol. The van der Waals surface area contributed by atoms with Crippen molar-refractivity contribution >= 4 is 10.9 Å². The Hall–Kier alpha value is -1.72. The number of nitrogens with zero attached hydrogens (tertiary/aromatic N) is 2. The SMILES string of the molecule is CC#CCN1CCn2c(c(C)c3ccccc32)C1. The number of hydrogen-bond acceptors (Lipinski definition) is 1. The van der Waals surface area contributed by atoms with Crippen molar-refractivity contribution in [1.82, 2.24) is 9.47 Å². The van der Waals surface area contributed by atoms with Crippen LogP contribution in [0.15, 0.2) is 24.3 Å². The van der Waals surface area contributed by atoms with E-state index in [9.17, 15) is 0 Å². The van der Waals surface area contributed by atoms with Gasteiger partial charge in [-0.2, -0.15) is 0 Å². The highest BCUT2D eigenvalue weighted by Crippen LogP contribution is 2.28. The van der Waals surface area contributed by atoms with Gasteiger partial charge in [0.15, 0.2) is 0 Å². The third-order valence-electron chi connectivity index (χ3n) is 3.85. The van der Waals surface area contributed by atoms with E-state index in [0.29, 0.717) is 0 Å². The van der Waals surface area contributed by atoms with Gasteiger partial charge in [-0.05, 0) is 25.5 Å². The standard InChI is InChI=1S/C16H18N2/c1-3-4-9-17-10-11-18-15-8-6-5-7-14(15)13(2)16(18)12-17/h5-8H,9-12H2,1-2H3. The van der Waals surface area contributed by atoms with Crippen LogP contribution in [0.1, 0.15) is 18.2 Å². The van der Waals surface area contributed by atoms with Gasteiger partial charge in [0, 0.05) is 36.2 Å². The highest BCUT2D eigenvalue weighted by atomic mass is 15.2. The normalized spacial score (nSPS) is 15.2. The van der Waals surface area contributed by atoms with E-state index in [2.05, 4.69) is 52.5 Å². The monoisotopic (exact) mass is 238 g/mol. The van der Waals surface area contributed by atoms with Crippen LogP contribution in [0.5, 0.6) is 0 Å². The zero-order valence-electron chi connectivity index (χ0n) is 11.0. The van der Waals surface area contributed by atoms with Gasteiger partial charge in [0.2, 0.25) is 0 Å². The lowest BCUT2D eigenvalue weighted by molar-refractivity contribution is 0.249. The van der Waals surface area contributed by atoms with Crippen LogP contribution in [0.4, 0.5) is 0 Å². The summed E-state index contributed by atoms with van der Waals surface area (Å²) in [6.45, 7) is 8.23. The topological polar surface area (TPSA) is 8.17 Å². The van der Waals surface area contributed by atoms with E-state index < -0.39 is 0 Å². The molecule has 0 radical (unpaired) electrons. The maximum atomic E-state index is 3.17. The van der Waals surface area contributed by atoms with Crippen LogP contribution in [-0.4, -0.2) is 22.6 Å². The summed E-state index contributed by atoms with van der Waals surface area (Å²) in [4.78, 5) is 2.43. The molecule has 92 valence electrons. The molecule has 1 aliphatic heterocycles. The van der Waals surface area contributed by atoms with Crippen molar-refractivity contribution in [2.45, 2.75) is 26.9 Å². The molecule has 0 bridgehead atoms. The minimum absolute atomic E-state index is 0.886. The fourth-order valence-electron chi connectivity index (χ4n) is 2.85. The van der Waals surface area contributed by atoms with Gasteiger partial charge in [0.1, 0.15) is 0 Å². The zero-order valence-corrected chi connectivity index (χ0v) is 11.0. The lowest BCUT2D eigenvalue weighted by Gasteiger charge is -2.27. The molecule has 0 unspecified atom stereocenters. The number of benzene rings is 1. The van der Waals surface area contributed by atoms with Gasteiger partial charge in [0.05, 0.1) is 6.54 Å². The summed E-state index contributed by atoms with van der Waals surface area (Å²) in [6, 6.07) is 8.71. The molecule has 2 heteroatoms. The molecule has 0 saturated heterocycles. The average Bonchev–Trinajstić information content (AvgIpc) is 2.71. The van der Waals surface area contributed by atoms with E-state index in [-0.39, 0.29) is 0 Å². The Morgan fingerprint density at radius 2 is 2.06 bits per heavy atom. The number of fused-ring (bicyclic) bond motifs is 3. The maximum Gasteiger partial charge on any atom is 0.0605 e. The maximum absolute atomic E-state index is 3.17. The number of hydrogen-bond donors (Lipinski definition) is 0. The highest BCUT2D eigenvalue weighted by molar-refractivity contribution is 5.85. The van der Waals surface area contributed by atoms with Crippen molar-refractivity contribution in [2.24, 2.45) is 0 Å². The Morgan fingerprint density at radius 3 is 2.89 bits per heavy atom. The molecular weight excluding hydrogens is 220 g/mol. The fraction of sp³-hybridized carbons (Fsp3) is 0.375. The Bertz CT molecular complexity index is 640. The first-order valence-electron chi connectivity index (χ1n) is 6.50. The molecule has 0 saturated carbocycles. The number of aromatic nitrogens is 1. The zero-order chi connectivity index (χ0) is 12.5. The van der Waals surface area contributed by atoms with Gasteiger partial charge in [0.25, 0.3) is 0 Å². The molecule has 1 aromatic heterocycles. The fourth-order valence-corrected chi connectivity index (χ4v) is 2.85. The van der Waals surface area contributed by atoms with Crippen molar-refractivity contribution in [1.29, 1.82) is 0 Å². The number of rotatable bonds is 1. The smallest absolute Gasteiger partial charge is 0.0605 e. The van der Waals surface area contributed by atoms with E-state index in [1.807, 2.05) is 6.92 Å². The molecule has 0 spiro atoms. The summed E-state index contributed by atoms with van der Waals surface area (Å²) < 4.78 is 2.47. The van der Waals surface area contributed by atoms with Crippen LogP contribution in [0, 0.1) is 18.8 Å². The molecule has 0 amide bonds. The molecule has 0 fully saturated rings. The molecule has 18 heavy (non-hydrogen) atoms. The molecule has 2 heterocycles. The molecule has 0 atom stereocenters. The first-order valence-corrected chi connectivity index (χ1v) is 6.50. The quantitative estimate of drug-likeness (QED) is 0.694. The van der Waals surface area contributed by atoms with Crippen molar-refractivity contribution in [3.8, 4) is 11.8 Å². The van der Waals surface area contributed by atoms with E-state index >= 15 is 0 Å². The molecule has 0 aliphatic carbocycles. The predicted octanol–water partition coefficient (Wildman–Crippen LogP) is 2.79. The number of aryl methyl sites for hydroxylation is 1. The summed E-state index contributed by atoms with van der Waals surface area (Å²) >= 11 is 0. The first-order chi connectivity index (χ1) is 8.81. The molecular formula is C16H18N2. The summed E-state index contributed by atoms with van der Waals surface area (Å²) in [5.74, 6) is 6.15. The Morgan fingerprint density at radius 1 is 1.22 bits per heavy atom. The Kier molecular flexibility index (Phi) is 2.85. The van der Waals surface area contributed by atoms with Crippen LogP contribution < -0.4 is 0 Å². The van der Waals surface area contributed by atoms with Crippen LogP contribution >= 0.6 is 0 Å². The van der Waals surface area contributed by atoms with Gasteiger partial charge < -0.3 is 4.57 Å². The largest absolute Gasteiger partial charge is 0.342 e. The molecule has 0 N–H and O–H groups in total. The van der Waals surface area contributed by atoms with Gasteiger partial charge >= 0.3 is 0 Å².